The van der Waals surface area contributed by atoms with Crippen molar-refractivity contribution in [1.29, 1.82) is 0 Å². The van der Waals surface area contributed by atoms with Crippen LogP contribution in [0.1, 0.15) is 16.8 Å². The summed E-state index contributed by atoms with van der Waals surface area (Å²) in [6.45, 7) is 6.15. The lowest BCUT2D eigenvalue weighted by molar-refractivity contribution is 0.413. The molecule has 0 aliphatic heterocycles. The van der Waals surface area contributed by atoms with Crippen LogP contribution in [-0.2, 0) is 0 Å². The molecule has 0 aliphatic rings. The molecule has 1 aromatic heterocycles. The quantitative estimate of drug-likeness (QED) is 0.814. The Kier molecular flexibility index (Phi) is 3.54. The van der Waals surface area contributed by atoms with E-state index in [-0.39, 0.29) is 0 Å². The minimum atomic E-state index is 0.914. The zero-order chi connectivity index (χ0) is 12.6. The molecular formula is C13H14BrNOS. The summed E-state index contributed by atoms with van der Waals surface area (Å²) in [6, 6.07) is 4.24. The first-order valence-corrected chi connectivity index (χ1v) is 6.92. The van der Waals surface area contributed by atoms with Gasteiger partial charge in [0.05, 0.1) is 22.2 Å². The fourth-order valence-electron chi connectivity index (χ4n) is 1.88. The zero-order valence-electron chi connectivity index (χ0n) is 10.3. The highest BCUT2D eigenvalue weighted by atomic mass is 79.9. The molecule has 1 heterocycles. The molecule has 1 aromatic carbocycles. The van der Waals surface area contributed by atoms with Crippen molar-refractivity contribution in [3.63, 3.8) is 0 Å². The Labute approximate surface area is 114 Å². The normalized spacial score (nSPS) is 10.6. The molecular weight excluding hydrogens is 298 g/mol. The number of methoxy groups -OCH3 is 1. The Bertz CT molecular complexity index is 543. The number of hydrogen-bond donors (Lipinski definition) is 0. The number of rotatable bonds is 2. The van der Waals surface area contributed by atoms with Crippen molar-refractivity contribution in [2.24, 2.45) is 0 Å². The highest BCUT2D eigenvalue weighted by Crippen LogP contribution is 2.38. The van der Waals surface area contributed by atoms with E-state index < -0.39 is 0 Å². The number of nitrogens with zero attached hydrogens (tertiary/aromatic N) is 1. The highest BCUT2D eigenvalue weighted by Gasteiger charge is 2.14. The second-order valence-corrected chi connectivity index (χ2v) is 6.36. The summed E-state index contributed by atoms with van der Waals surface area (Å²) in [6.07, 6.45) is 0. The van der Waals surface area contributed by atoms with Crippen LogP contribution in [0.3, 0.4) is 0 Å². The predicted molar refractivity (Wildman–Crippen MR) is 76.0 cm³/mol. The molecule has 0 radical (unpaired) electrons. The van der Waals surface area contributed by atoms with Crippen molar-refractivity contribution in [3.05, 3.63) is 32.7 Å². The van der Waals surface area contributed by atoms with Gasteiger partial charge in [-0.1, -0.05) is 6.07 Å². The third-order valence-electron chi connectivity index (χ3n) is 2.59. The van der Waals surface area contributed by atoms with E-state index in [0.29, 0.717) is 0 Å². The van der Waals surface area contributed by atoms with E-state index in [2.05, 4.69) is 46.9 Å². The van der Waals surface area contributed by atoms with Crippen LogP contribution in [0.2, 0.25) is 0 Å². The van der Waals surface area contributed by atoms with Gasteiger partial charge in [0.2, 0.25) is 0 Å². The maximum absolute atomic E-state index is 5.49. The molecule has 17 heavy (non-hydrogen) atoms. The number of halogens is 1. The van der Waals surface area contributed by atoms with Gasteiger partial charge in [0.1, 0.15) is 10.8 Å². The molecule has 0 saturated carbocycles. The maximum Gasteiger partial charge on any atom is 0.132 e. The van der Waals surface area contributed by atoms with Gasteiger partial charge in [-0.3, -0.25) is 0 Å². The van der Waals surface area contributed by atoms with Gasteiger partial charge in [-0.25, -0.2) is 4.98 Å². The van der Waals surface area contributed by atoms with E-state index in [1.54, 1.807) is 18.4 Å². The number of benzene rings is 1. The van der Waals surface area contributed by atoms with Gasteiger partial charge in [0.25, 0.3) is 0 Å². The minimum absolute atomic E-state index is 0.914. The fourth-order valence-corrected chi connectivity index (χ4v) is 3.23. The number of hydrogen-bond acceptors (Lipinski definition) is 3. The summed E-state index contributed by atoms with van der Waals surface area (Å²) in [5, 5.41) is 0.998. The summed E-state index contributed by atoms with van der Waals surface area (Å²) in [5.41, 5.74) is 4.46. The first-order valence-electron chi connectivity index (χ1n) is 5.31. The molecule has 2 nitrogen and oxygen atoms in total. The second kappa shape index (κ2) is 4.78. The summed E-state index contributed by atoms with van der Waals surface area (Å²) >= 11 is 5.15. The first-order chi connectivity index (χ1) is 8.02. The minimum Gasteiger partial charge on any atom is -0.496 e. The molecule has 0 bridgehead atoms. The van der Waals surface area contributed by atoms with E-state index in [1.165, 1.54) is 5.56 Å². The van der Waals surface area contributed by atoms with Crippen LogP contribution >= 0.6 is 27.3 Å². The van der Waals surface area contributed by atoms with Crippen LogP contribution in [0.4, 0.5) is 0 Å². The van der Waals surface area contributed by atoms with Crippen LogP contribution in [0.25, 0.3) is 10.6 Å². The summed E-state index contributed by atoms with van der Waals surface area (Å²) in [4.78, 5) is 4.56. The van der Waals surface area contributed by atoms with E-state index in [4.69, 9.17) is 4.74 Å². The average Bonchev–Trinajstić information content (AvgIpc) is 2.58. The molecule has 0 aliphatic carbocycles. The van der Waals surface area contributed by atoms with Gasteiger partial charge >= 0.3 is 0 Å². The number of aromatic nitrogens is 1. The zero-order valence-corrected chi connectivity index (χ0v) is 12.7. The van der Waals surface area contributed by atoms with Crippen LogP contribution in [0.5, 0.6) is 5.75 Å². The lowest BCUT2D eigenvalue weighted by Crippen LogP contribution is -1.92. The van der Waals surface area contributed by atoms with Crippen LogP contribution in [0, 0.1) is 20.8 Å². The summed E-state index contributed by atoms with van der Waals surface area (Å²) in [7, 11) is 1.71. The number of ether oxygens (including phenoxy) is 1. The molecule has 0 fully saturated rings. The van der Waals surface area contributed by atoms with Crippen molar-refractivity contribution in [3.8, 4) is 16.3 Å². The molecule has 4 heteroatoms. The third kappa shape index (κ3) is 2.38. The largest absolute Gasteiger partial charge is 0.496 e. The monoisotopic (exact) mass is 311 g/mol. The smallest absolute Gasteiger partial charge is 0.132 e. The van der Waals surface area contributed by atoms with Crippen molar-refractivity contribution in [1.82, 2.24) is 4.98 Å². The van der Waals surface area contributed by atoms with E-state index in [0.717, 1.165) is 31.4 Å². The summed E-state index contributed by atoms with van der Waals surface area (Å²) < 4.78 is 6.56. The molecule has 0 N–H and O–H groups in total. The third-order valence-corrected chi connectivity index (χ3v) is 4.63. The van der Waals surface area contributed by atoms with E-state index >= 15 is 0 Å². The van der Waals surface area contributed by atoms with Crippen LogP contribution < -0.4 is 4.74 Å². The lowest BCUT2D eigenvalue weighted by Gasteiger charge is -2.10. The Hall–Kier alpha value is -0.870. The van der Waals surface area contributed by atoms with Crippen molar-refractivity contribution < 1.29 is 4.74 Å². The molecule has 2 rings (SSSR count). The molecule has 0 amide bonds. The molecule has 0 spiro atoms. The number of aryl methyl sites for hydroxylation is 3. The predicted octanol–water partition coefficient (Wildman–Crippen LogP) is 4.51. The molecule has 0 atom stereocenters. The summed E-state index contributed by atoms with van der Waals surface area (Å²) in [5.74, 6) is 0.914. The molecule has 0 saturated heterocycles. The van der Waals surface area contributed by atoms with Gasteiger partial charge in [-0.15, -0.1) is 11.3 Å². The standard InChI is InChI=1S/C13H14BrNOS/c1-7-5-8(2)11(16-4)10(6-7)13-15-9(3)12(14)17-13/h5-6H,1-4H3. The lowest BCUT2D eigenvalue weighted by atomic mass is 10.1. The van der Waals surface area contributed by atoms with Crippen molar-refractivity contribution in [2.45, 2.75) is 20.8 Å². The van der Waals surface area contributed by atoms with Crippen LogP contribution in [0.15, 0.2) is 15.9 Å². The average molecular weight is 312 g/mol. The second-order valence-electron chi connectivity index (χ2n) is 4.04. The van der Waals surface area contributed by atoms with Gasteiger partial charge in [0, 0.05) is 0 Å². The van der Waals surface area contributed by atoms with E-state index in [9.17, 15) is 0 Å². The fraction of sp³-hybridized carbons (Fsp3) is 0.308. The highest BCUT2D eigenvalue weighted by molar-refractivity contribution is 9.11. The Balaban J connectivity index is 2.65. The first kappa shape index (κ1) is 12.6. The Morgan fingerprint density at radius 1 is 1.24 bits per heavy atom. The topological polar surface area (TPSA) is 22.1 Å². The van der Waals surface area contributed by atoms with Crippen LogP contribution in [-0.4, -0.2) is 12.1 Å². The van der Waals surface area contributed by atoms with Gasteiger partial charge in [0.15, 0.2) is 0 Å². The number of thiazole rings is 1. The molecule has 90 valence electrons. The Morgan fingerprint density at radius 3 is 2.47 bits per heavy atom. The van der Waals surface area contributed by atoms with Crippen molar-refractivity contribution in [2.75, 3.05) is 7.11 Å². The maximum atomic E-state index is 5.49. The van der Waals surface area contributed by atoms with Crippen molar-refractivity contribution >= 4 is 27.3 Å². The Morgan fingerprint density at radius 2 is 1.94 bits per heavy atom. The molecule has 0 unspecified atom stereocenters. The van der Waals surface area contributed by atoms with Gasteiger partial charge in [-0.2, -0.15) is 0 Å². The van der Waals surface area contributed by atoms with Gasteiger partial charge < -0.3 is 4.74 Å². The SMILES string of the molecule is COc1c(C)cc(C)cc1-c1nc(C)c(Br)s1. The van der Waals surface area contributed by atoms with Gasteiger partial charge in [-0.05, 0) is 53.9 Å². The van der Waals surface area contributed by atoms with E-state index in [1.807, 2.05) is 6.92 Å². The molecule has 2 aromatic rings.